The number of hydrogen-bond donors (Lipinski definition) is 1. The number of carbonyl (C=O) groups is 2. The topological polar surface area (TPSA) is 63.6 Å². The Hall–Kier alpha value is -1.32. The first-order valence-electron chi connectivity index (χ1n) is 4.20. The van der Waals surface area contributed by atoms with E-state index >= 15 is 0 Å². The van der Waals surface area contributed by atoms with Crippen LogP contribution in [0.2, 0.25) is 0 Å². The number of aliphatic carboxylic acids is 1. The monoisotopic (exact) mass is 184 g/mol. The predicted molar refractivity (Wildman–Crippen MR) is 45.1 cm³/mol. The largest absolute Gasteiger partial charge is 0.481 e. The maximum atomic E-state index is 10.8. The van der Waals surface area contributed by atoms with Crippen molar-refractivity contribution in [3.8, 4) is 0 Å². The van der Waals surface area contributed by atoms with E-state index in [4.69, 9.17) is 5.11 Å². The van der Waals surface area contributed by atoms with Gasteiger partial charge >= 0.3 is 11.9 Å². The van der Waals surface area contributed by atoms with E-state index in [1.54, 1.807) is 6.92 Å². The molecule has 1 aliphatic rings. The lowest BCUT2D eigenvalue weighted by atomic mass is 10.1. The molecule has 0 aromatic carbocycles. The lowest BCUT2D eigenvalue weighted by Gasteiger charge is -2.01. The Kier molecular flexibility index (Phi) is 2.70. The molecular weight excluding hydrogens is 172 g/mol. The fourth-order valence-corrected chi connectivity index (χ4v) is 1.00. The summed E-state index contributed by atoms with van der Waals surface area (Å²) in [5.74, 6) is -1.34. The van der Waals surface area contributed by atoms with Crippen LogP contribution in [0.4, 0.5) is 0 Å². The van der Waals surface area contributed by atoms with E-state index in [0.29, 0.717) is 19.4 Å². The van der Waals surface area contributed by atoms with Crippen molar-refractivity contribution in [2.24, 2.45) is 5.41 Å². The highest BCUT2D eigenvalue weighted by molar-refractivity contribution is 5.86. The molecule has 0 aliphatic heterocycles. The van der Waals surface area contributed by atoms with Gasteiger partial charge in [0.1, 0.15) is 0 Å². The van der Waals surface area contributed by atoms with Crippen LogP contribution in [0.3, 0.4) is 0 Å². The number of esters is 1. The van der Waals surface area contributed by atoms with Crippen LogP contribution in [-0.2, 0) is 14.3 Å². The van der Waals surface area contributed by atoms with E-state index in [1.165, 1.54) is 12.2 Å². The molecule has 1 N–H and O–H groups in total. The Balaban J connectivity index is 2.48. The Morgan fingerprint density at radius 3 is 2.54 bits per heavy atom. The average Bonchev–Trinajstić information content (AvgIpc) is 2.82. The summed E-state index contributed by atoms with van der Waals surface area (Å²) >= 11 is 0. The maximum absolute atomic E-state index is 10.8. The molecule has 0 heterocycles. The highest BCUT2D eigenvalue weighted by atomic mass is 16.5. The summed E-state index contributed by atoms with van der Waals surface area (Å²) < 4.78 is 4.63. The predicted octanol–water partition coefficient (Wildman–Crippen LogP) is 0.970. The van der Waals surface area contributed by atoms with Gasteiger partial charge in [-0.2, -0.15) is 0 Å². The molecule has 4 heteroatoms. The summed E-state index contributed by atoms with van der Waals surface area (Å²) in [6, 6.07) is 0. The van der Waals surface area contributed by atoms with Gasteiger partial charge in [0.15, 0.2) is 0 Å². The lowest BCUT2D eigenvalue weighted by Crippen LogP contribution is -2.12. The summed E-state index contributed by atoms with van der Waals surface area (Å²) in [4.78, 5) is 21.5. The highest BCUT2D eigenvalue weighted by Gasteiger charge is 2.47. The van der Waals surface area contributed by atoms with Crippen LogP contribution < -0.4 is 0 Å². The standard InChI is InChI=1S/C9H12O4/c1-2-13-7(10)3-4-9(5-6-9)8(11)12/h3-4H,2,5-6H2,1H3,(H,11,12). The van der Waals surface area contributed by atoms with Crippen LogP contribution in [0.5, 0.6) is 0 Å². The highest BCUT2D eigenvalue weighted by Crippen LogP contribution is 2.47. The van der Waals surface area contributed by atoms with Gasteiger partial charge in [0, 0.05) is 6.08 Å². The molecule has 0 amide bonds. The zero-order valence-corrected chi connectivity index (χ0v) is 7.45. The van der Waals surface area contributed by atoms with Crippen molar-refractivity contribution in [2.45, 2.75) is 19.8 Å². The van der Waals surface area contributed by atoms with Crippen molar-refractivity contribution in [1.82, 2.24) is 0 Å². The minimum Gasteiger partial charge on any atom is -0.481 e. The fraction of sp³-hybridized carbons (Fsp3) is 0.556. The van der Waals surface area contributed by atoms with Gasteiger partial charge in [-0.1, -0.05) is 6.08 Å². The van der Waals surface area contributed by atoms with Crippen LogP contribution in [-0.4, -0.2) is 23.7 Å². The molecule has 72 valence electrons. The van der Waals surface area contributed by atoms with Crippen molar-refractivity contribution in [2.75, 3.05) is 6.61 Å². The molecule has 0 saturated heterocycles. The molecule has 0 unspecified atom stereocenters. The molecule has 1 fully saturated rings. The Labute approximate surface area is 76.2 Å². The second-order valence-electron chi connectivity index (χ2n) is 3.05. The van der Waals surface area contributed by atoms with E-state index in [1.807, 2.05) is 0 Å². The smallest absolute Gasteiger partial charge is 0.330 e. The molecule has 4 nitrogen and oxygen atoms in total. The quantitative estimate of drug-likeness (QED) is 0.522. The summed E-state index contributed by atoms with van der Waals surface area (Å²) in [7, 11) is 0. The van der Waals surface area contributed by atoms with E-state index in [0.717, 1.165) is 0 Å². The third-order valence-electron chi connectivity index (χ3n) is 2.04. The number of carboxylic acid groups (broad SMARTS) is 1. The molecule has 0 bridgehead atoms. The maximum Gasteiger partial charge on any atom is 0.330 e. The minimum atomic E-state index is -0.868. The normalized spacial score (nSPS) is 18.5. The molecular formula is C9H12O4. The zero-order valence-electron chi connectivity index (χ0n) is 7.45. The summed E-state index contributed by atoms with van der Waals surface area (Å²) in [5.41, 5.74) is -0.785. The molecule has 13 heavy (non-hydrogen) atoms. The third-order valence-corrected chi connectivity index (χ3v) is 2.04. The van der Waals surface area contributed by atoms with Crippen molar-refractivity contribution >= 4 is 11.9 Å². The summed E-state index contributed by atoms with van der Waals surface area (Å²) in [6.45, 7) is 2.01. The molecule has 1 aliphatic carbocycles. The second kappa shape index (κ2) is 3.60. The van der Waals surface area contributed by atoms with Crippen molar-refractivity contribution in [1.29, 1.82) is 0 Å². The van der Waals surface area contributed by atoms with Gasteiger partial charge in [0.25, 0.3) is 0 Å². The Morgan fingerprint density at radius 2 is 2.15 bits per heavy atom. The van der Waals surface area contributed by atoms with Crippen LogP contribution in [0.1, 0.15) is 19.8 Å². The minimum absolute atomic E-state index is 0.309. The van der Waals surface area contributed by atoms with Crippen LogP contribution in [0.15, 0.2) is 12.2 Å². The molecule has 1 saturated carbocycles. The van der Waals surface area contributed by atoms with E-state index in [9.17, 15) is 9.59 Å². The number of carbonyl (C=O) groups excluding carboxylic acids is 1. The average molecular weight is 184 g/mol. The third kappa shape index (κ3) is 2.31. The van der Waals surface area contributed by atoms with Gasteiger partial charge in [0.2, 0.25) is 0 Å². The van der Waals surface area contributed by atoms with E-state index in [2.05, 4.69) is 4.74 Å². The second-order valence-corrected chi connectivity index (χ2v) is 3.05. The first-order valence-corrected chi connectivity index (χ1v) is 4.20. The number of rotatable bonds is 4. The van der Waals surface area contributed by atoms with Crippen molar-refractivity contribution in [3.05, 3.63) is 12.2 Å². The van der Waals surface area contributed by atoms with Gasteiger partial charge in [-0.15, -0.1) is 0 Å². The first-order chi connectivity index (χ1) is 6.10. The number of carboxylic acids is 1. The Morgan fingerprint density at radius 1 is 1.54 bits per heavy atom. The molecule has 0 spiro atoms. The molecule has 1 rings (SSSR count). The van der Waals surface area contributed by atoms with Crippen LogP contribution in [0, 0.1) is 5.41 Å². The molecule has 0 radical (unpaired) electrons. The summed E-state index contributed by atoms with van der Waals surface area (Å²) in [6.07, 6.45) is 3.84. The van der Waals surface area contributed by atoms with Crippen molar-refractivity contribution in [3.63, 3.8) is 0 Å². The number of ether oxygens (including phenoxy) is 1. The summed E-state index contributed by atoms with van der Waals surface area (Å²) in [5, 5.41) is 8.74. The number of hydrogen-bond acceptors (Lipinski definition) is 3. The molecule has 0 aromatic heterocycles. The Bertz CT molecular complexity index is 250. The lowest BCUT2D eigenvalue weighted by molar-refractivity contribution is -0.141. The van der Waals surface area contributed by atoms with Gasteiger partial charge in [-0.05, 0) is 19.8 Å². The van der Waals surface area contributed by atoms with Gasteiger partial charge in [-0.3, -0.25) is 4.79 Å². The zero-order chi connectivity index (χ0) is 9.90. The van der Waals surface area contributed by atoms with Gasteiger partial charge in [0.05, 0.1) is 12.0 Å². The molecule has 0 atom stereocenters. The van der Waals surface area contributed by atoms with Crippen molar-refractivity contribution < 1.29 is 19.4 Å². The first kappa shape index (κ1) is 9.77. The molecule has 0 aromatic rings. The van der Waals surface area contributed by atoms with Gasteiger partial charge in [-0.25, -0.2) is 4.79 Å². The van der Waals surface area contributed by atoms with E-state index < -0.39 is 17.4 Å². The van der Waals surface area contributed by atoms with Gasteiger partial charge < -0.3 is 9.84 Å². The fourth-order valence-electron chi connectivity index (χ4n) is 1.00. The van der Waals surface area contributed by atoms with Crippen LogP contribution in [0.25, 0.3) is 0 Å². The SMILES string of the molecule is CCOC(=O)C=CC1(C(=O)O)CC1. The van der Waals surface area contributed by atoms with Crippen LogP contribution >= 0.6 is 0 Å². The van der Waals surface area contributed by atoms with E-state index in [-0.39, 0.29) is 0 Å².